The lowest BCUT2D eigenvalue weighted by molar-refractivity contribution is 0.241. The monoisotopic (exact) mass is 208 g/mol. The highest BCUT2D eigenvalue weighted by Crippen LogP contribution is 2.10. The molecule has 15 heavy (non-hydrogen) atoms. The molecule has 1 aliphatic heterocycles. The van der Waals surface area contributed by atoms with Crippen molar-refractivity contribution in [2.75, 3.05) is 20.1 Å². The van der Waals surface area contributed by atoms with Gasteiger partial charge in [0.25, 0.3) is 0 Å². The lowest BCUT2D eigenvalue weighted by atomic mass is 10.0. The molecule has 1 atom stereocenters. The van der Waals surface area contributed by atoms with Crippen LogP contribution in [0.1, 0.15) is 25.0 Å². The Labute approximate surface area is 91.4 Å². The van der Waals surface area contributed by atoms with Gasteiger partial charge in [0.05, 0.1) is 12.8 Å². The van der Waals surface area contributed by atoms with Crippen molar-refractivity contribution in [2.24, 2.45) is 0 Å². The highest BCUT2D eigenvalue weighted by Gasteiger charge is 2.14. The molecular weight excluding hydrogens is 188 g/mol. The number of nitrogens with zero attached hydrogens (tertiary/aromatic N) is 1. The Kier molecular flexibility index (Phi) is 3.80. The number of hydrogen-bond donors (Lipinski definition) is 1. The van der Waals surface area contributed by atoms with Gasteiger partial charge in [-0.15, -0.1) is 0 Å². The van der Waals surface area contributed by atoms with Gasteiger partial charge in [-0.1, -0.05) is 6.42 Å². The molecule has 3 nitrogen and oxygen atoms in total. The van der Waals surface area contributed by atoms with E-state index < -0.39 is 0 Å². The maximum absolute atomic E-state index is 5.33. The van der Waals surface area contributed by atoms with Crippen molar-refractivity contribution in [2.45, 2.75) is 31.8 Å². The molecule has 1 unspecified atom stereocenters. The first-order chi connectivity index (χ1) is 7.34. The van der Waals surface area contributed by atoms with Crippen LogP contribution in [0.2, 0.25) is 0 Å². The summed E-state index contributed by atoms with van der Waals surface area (Å²) in [6.07, 6.45) is 5.75. The Bertz CT molecular complexity index is 265. The van der Waals surface area contributed by atoms with E-state index in [0.29, 0.717) is 6.04 Å². The minimum atomic E-state index is 0.665. The molecule has 1 fully saturated rings. The number of nitrogens with one attached hydrogen (secondary N) is 1. The van der Waals surface area contributed by atoms with Gasteiger partial charge in [-0.25, -0.2) is 0 Å². The second kappa shape index (κ2) is 5.33. The van der Waals surface area contributed by atoms with E-state index in [-0.39, 0.29) is 0 Å². The van der Waals surface area contributed by atoms with E-state index in [2.05, 4.69) is 17.3 Å². The summed E-state index contributed by atoms with van der Waals surface area (Å²) in [5.74, 6) is 1.05. The van der Waals surface area contributed by atoms with Crippen molar-refractivity contribution < 1.29 is 4.42 Å². The SMILES string of the molecule is CN(Cc1ccco1)CC1CCCCN1. The molecule has 1 saturated heterocycles. The summed E-state index contributed by atoms with van der Waals surface area (Å²) in [6.45, 7) is 3.20. The minimum Gasteiger partial charge on any atom is -0.468 e. The van der Waals surface area contributed by atoms with Gasteiger partial charge in [0.2, 0.25) is 0 Å². The van der Waals surface area contributed by atoms with Crippen LogP contribution in [-0.4, -0.2) is 31.1 Å². The van der Waals surface area contributed by atoms with Gasteiger partial charge in [-0.3, -0.25) is 4.90 Å². The third-order valence-electron chi connectivity index (χ3n) is 2.95. The molecule has 2 heterocycles. The molecule has 0 spiro atoms. The van der Waals surface area contributed by atoms with Crippen molar-refractivity contribution in [1.29, 1.82) is 0 Å². The van der Waals surface area contributed by atoms with Gasteiger partial charge in [0.15, 0.2) is 0 Å². The zero-order chi connectivity index (χ0) is 10.5. The number of likely N-dealkylation sites (N-methyl/N-ethyl adjacent to an activating group) is 1. The first kappa shape index (κ1) is 10.7. The van der Waals surface area contributed by atoms with E-state index in [4.69, 9.17) is 4.42 Å². The molecule has 0 bridgehead atoms. The molecular formula is C12H20N2O. The van der Waals surface area contributed by atoms with E-state index in [1.54, 1.807) is 6.26 Å². The van der Waals surface area contributed by atoms with Crippen LogP contribution in [0.25, 0.3) is 0 Å². The third kappa shape index (κ3) is 3.36. The molecule has 0 aliphatic carbocycles. The lowest BCUT2D eigenvalue weighted by Crippen LogP contribution is -2.42. The van der Waals surface area contributed by atoms with Crippen molar-refractivity contribution in [3.05, 3.63) is 24.2 Å². The molecule has 2 rings (SSSR count). The molecule has 0 aromatic carbocycles. The second-order valence-electron chi connectivity index (χ2n) is 4.42. The van der Waals surface area contributed by atoms with Gasteiger partial charge in [0.1, 0.15) is 5.76 Å². The van der Waals surface area contributed by atoms with E-state index >= 15 is 0 Å². The summed E-state index contributed by atoms with van der Waals surface area (Å²) >= 11 is 0. The van der Waals surface area contributed by atoms with Crippen LogP contribution in [0.5, 0.6) is 0 Å². The van der Waals surface area contributed by atoms with Crippen molar-refractivity contribution in [1.82, 2.24) is 10.2 Å². The van der Waals surface area contributed by atoms with Crippen LogP contribution in [0.3, 0.4) is 0 Å². The fourth-order valence-corrected chi connectivity index (χ4v) is 2.19. The van der Waals surface area contributed by atoms with Gasteiger partial charge in [-0.2, -0.15) is 0 Å². The Morgan fingerprint density at radius 2 is 2.47 bits per heavy atom. The van der Waals surface area contributed by atoms with Crippen LogP contribution in [-0.2, 0) is 6.54 Å². The predicted octanol–water partition coefficient (Wildman–Crippen LogP) is 1.85. The molecule has 0 radical (unpaired) electrons. The molecule has 3 heteroatoms. The summed E-state index contributed by atoms with van der Waals surface area (Å²) in [4.78, 5) is 2.32. The number of piperidine rings is 1. The highest BCUT2D eigenvalue weighted by atomic mass is 16.3. The van der Waals surface area contributed by atoms with Crippen LogP contribution in [0.4, 0.5) is 0 Å². The zero-order valence-electron chi connectivity index (χ0n) is 9.41. The van der Waals surface area contributed by atoms with Crippen molar-refractivity contribution in [3.8, 4) is 0 Å². The summed E-state index contributed by atoms with van der Waals surface area (Å²) < 4.78 is 5.33. The summed E-state index contributed by atoms with van der Waals surface area (Å²) in [5, 5.41) is 3.56. The smallest absolute Gasteiger partial charge is 0.117 e. The van der Waals surface area contributed by atoms with Gasteiger partial charge in [-0.05, 0) is 38.6 Å². The largest absolute Gasteiger partial charge is 0.468 e. The highest BCUT2D eigenvalue weighted by molar-refractivity contribution is 4.97. The number of rotatable bonds is 4. The Morgan fingerprint density at radius 1 is 1.53 bits per heavy atom. The van der Waals surface area contributed by atoms with Crippen molar-refractivity contribution >= 4 is 0 Å². The normalized spacial score (nSPS) is 22.1. The fourth-order valence-electron chi connectivity index (χ4n) is 2.19. The molecule has 0 saturated carbocycles. The summed E-state index contributed by atoms with van der Waals surface area (Å²) in [5.41, 5.74) is 0. The van der Waals surface area contributed by atoms with Crippen LogP contribution in [0, 0.1) is 0 Å². The molecule has 0 amide bonds. The number of hydrogen-bond acceptors (Lipinski definition) is 3. The van der Waals surface area contributed by atoms with Crippen LogP contribution < -0.4 is 5.32 Å². The minimum absolute atomic E-state index is 0.665. The molecule has 1 aromatic heterocycles. The van der Waals surface area contributed by atoms with Crippen LogP contribution in [0.15, 0.2) is 22.8 Å². The Morgan fingerprint density at radius 3 is 3.13 bits per heavy atom. The average molecular weight is 208 g/mol. The quantitative estimate of drug-likeness (QED) is 0.818. The predicted molar refractivity (Wildman–Crippen MR) is 60.7 cm³/mol. The van der Waals surface area contributed by atoms with E-state index in [1.165, 1.54) is 25.8 Å². The van der Waals surface area contributed by atoms with Crippen molar-refractivity contribution in [3.63, 3.8) is 0 Å². The van der Waals surface area contributed by atoms with Gasteiger partial charge < -0.3 is 9.73 Å². The summed E-state index contributed by atoms with van der Waals surface area (Å²) in [6, 6.07) is 4.64. The molecule has 1 N–H and O–H groups in total. The third-order valence-corrected chi connectivity index (χ3v) is 2.95. The molecule has 84 valence electrons. The topological polar surface area (TPSA) is 28.4 Å². The fraction of sp³-hybridized carbons (Fsp3) is 0.667. The van der Waals surface area contributed by atoms with Crippen LogP contribution >= 0.6 is 0 Å². The van der Waals surface area contributed by atoms with Gasteiger partial charge >= 0.3 is 0 Å². The van der Waals surface area contributed by atoms with E-state index in [1.807, 2.05) is 12.1 Å². The average Bonchev–Trinajstić information content (AvgIpc) is 2.71. The Hall–Kier alpha value is -0.800. The molecule has 1 aromatic rings. The Balaban J connectivity index is 1.74. The first-order valence-electron chi connectivity index (χ1n) is 5.79. The number of furan rings is 1. The second-order valence-corrected chi connectivity index (χ2v) is 4.42. The van der Waals surface area contributed by atoms with Gasteiger partial charge in [0, 0.05) is 12.6 Å². The van der Waals surface area contributed by atoms with E-state index in [0.717, 1.165) is 18.8 Å². The maximum Gasteiger partial charge on any atom is 0.117 e. The molecule has 1 aliphatic rings. The lowest BCUT2D eigenvalue weighted by Gasteiger charge is -2.27. The van der Waals surface area contributed by atoms with E-state index in [9.17, 15) is 0 Å². The maximum atomic E-state index is 5.33. The standard InChI is InChI=1S/C12H20N2O/c1-14(10-12-6-4-8-15-12)9-11-5-2-3-7-13-11/h4,6,8,11,13H,2-3,5,7,9-10H2,1H3. The summed E-state index contributed by atoms with van der Waals surface area (Å²) in [7, 11) is 2.15. The first-order valence-corrected chi connectivity index (χ1v) is 5.79. The zero-order valence-corrected chi connectivity index (χ0v) is 9.41.